The van der Waals surface area contributed by atoms with E-state index in [1.165, 1.54) is 22.3 Å². The lowest BCUT2D eigenvalue weighted by molar-refractivity contribution is -0.122. The molecule has 4 heteroatoms. The van der Waals surface area contributed by atoms with Gasteiger partial charge in [-0.15, -0.1) is 0 Å². The van der Waals surface area contributed by atoms with Crippen LogP contribution in [0.1, 0.15) is 29.2 Å². The van der Waals surface area contributed by atoms with Gasteiger partial charge in [0.25, 0.3) is 0 Å². The maximum Gasteiger partial charge on any atom is 0.234 e. The first-order valence-electron chi connectivity index (χ1n) is 8.25. The number of aryl methyl sites for hydroxylation is 3. The third-order valence-corrected chi connectivity index (χ3v) is 4.52. The van der Waals surface area contributed by atoms with Crippen LogP contribution in [-0.2, 0) is 11.2 Å². The zero-order valence-electron chi connectivity index (χ0n) is 14.3. The molecule has 0 aromatic heterocycles. The monoisotopic (exact) mass is 303 g/mol. The molecule has 122 valence electrons. The van der Waals surface area contributed by atoms with Crippen molar-refractivity contribution in [3.8, 4) is 0 Å². The number of nitrogens with zero attached hydrogens (tertiary/aromatic N) is 1. The highest BCUT2D eigenvalue weighted by molar-refractivity contribution is 5.78. The lowest BCUT2D eigenvalue weighted by Gasteiger charge is -2.33. The van der Waals surface area contributed by atoms with Crippen LogP contribution < -0.4 is 10.6 Å². The summed E-state index contributed by atoms with van der Waals surface area (Å²) < 4.78 is 0. The number of carbonyl (C=O) groups is 1. The van der Waals surface area contributed by atoms with E-state index in [0.29, 0.717) is 19.1 Å². The smallest absolute Gasteiger partial charge is 0.234 e. The first-order valence-corrected chi connectivity index (χ1v) is 8.25. The van der Waals surface area contributed by atoms with Crippen LogP contribution in [0.2, 0.25) is 0 Å². The van der Waals surface area contributed by atoms with Gasteiger partial charge in [-0.25, -0.2) is 0 Å². The standard InChI is InChI=1S/C18H29N3O/c1-13-9-14(2)17(15(3)10-13)5-6-20-18(22)12-21-8-7-19-11-16(21)4/h9-10,16,19H,5-8,11-12H2,1-4H3,(H,20,22)/t16-/m0/s1. The Morgan fingerprint density at radius 1 is 1.32 bits per heavy atom. The van der Waals surface area contributed by atoms with Crippen molar-refractivity contribution in [2.75, 3.05) is 32.7 Å². The minimum absolute atomic E-state index is 0.135. The molecule has 0 radical (unpaired) electrons. The SMILES string of the molecule is Cc1cc(C)c(CCNC(=O)CN2CCNC[C@@H]2C)c(C)c1. The van der Waals surface area contributed by atoms with Gasteiger partial charge in [0.05, 0.1) is 6.54 Å². The summed E-state index contributed by atoms with van der Waals surface area (Å²) in [6.45, 7) is 12.7. The molecule has 0 unspecified atom stereocenters. The molecule has 1 saturated heterocycles. The van der Waals surface area contributed by atoms with Crippen LogP contribution in [0.4, 0.5) is 0 Å². The van der Waals surface area contributed by atoms with Gasteiger partial charge in [0.2, 0.25) is 5.91 Å². The normalized spacial score (nSPS) is 19.2. The van der Waals surface area contributed by atoms with Crippen LogP contribution in [0.25, 0.3) is 0 Å². The van der Waals surface area contributed by atoms with E-state index in [9.17, 15) is 4.79 Å². The quantitative estimate of drug-likeness (QED) is 0.868. The van der Waals surface area contributed by atoms with Crippen LogP contribution in [0.3, 0.4) is 0 Å². The van der Waals surface area contributed by atoms with Crippen molar-refractivity contribution in [3.05, 3.63) is 34.4 Å². The Labute approximate surface area is 134 Å². The number of hydrogen-bond acceptors (Lipinski definition) is 3. The molecule has 2 N–H and O–H groups in total. The Kier molecular flexibility index (Phi) is 5.98. The maximum absolute atomic E-state index is 12.1. The Balaban J connectivity index is 1.80. The molecule has 1 atom stereocenters. The molecule has 22 heavy (non-hydrogen) atoms. The molecule has 0 saturated carbocycles. The molecule has 0 bridgehead atoms. The van der Waals surface area contributed by atoms with E-state index < -0.39 is 0 Å². The van der Waals surface area contributed by atoms with Crippen LogP contribution in [-0.4, -0.2) is 49.6 Å². The van der Waals surface area contributed by atoms with Crippen molar-refractivity contribution < 1.29 is 4.79 Å². The summed E-state index contributed by atoms with van der Waals surface area (Å²) in [6, 6.07) is 4.86. The fourth-order valence-electron chi connectivity index (χ4n) is 3.29. The summed E-state index contributed by atoms with van der Waals surface area (Å²) in [5, 5.41) is 6.41. The second kappa shape index (κ2) is 7.75. The first kappa shape index (κ1) is 17.0. The Bertz CT molecular complexity index is 504. The van der Waals surface area contributed by atoms with Gasteiger partial charge in [-0.2, -0.15) is 0 Å². The van der Waals surface area contributed by atoms with Gasteiger partial charge in [-0.1, -0.05) is 17.7 Å². The molecule has 4 nitrogen and oxygen atoms in total. The topological polar surface area (TPSA) is 44.4 Å². The summed E-state index contributed by atoms with van der Waals surface area (Å²) in [7, 11) is 0. The molecule has 1 aliphatic heterocycles. The molecule has 1 heterocycles. The van der Waals surface area contributed by atoms with Crippen LogP contribution in [0.15, 0.2) is 12.1 Å². The molecule has 0 spiro atoms. The average molecular weight is 303 g/mol. The highest BCUT2D eigenvalue weighted by Gasteiger charge is 2.19. The van der Waals surface area contributed by atoms with E-state index in [2.05, 4.69) is 55.4 Å². The number of nitrogens with one attached hydrogen (secondary N) is 2. The maximum atomic E-state index is 12.1. The fourth-order valence-corrected chi connectivity index (χ4v) is 3.29. The number of hydrogen-bond donors (Lipinski definition) is 2. The summed E-state index contributed by atoms with van der Waals surface area (Å²) in [5.74, 6) is 0.135. The average Bonchev–Trinajstić information content (AvgIpc) is 2.44. The van der Waals surface area contributed by atoms with Gasteiger partial charge < -0.3 is 10.6 Å². The van der Waals surface area contributed by atoms with Crippen molar-refractivity contribution in [2.45, 2.75) is 40.2 Å². The van der Waals surface area contributed by atoms with E-state index in [-0.39, 0.29) is 5.91 Å². The molecular formula is C18H29N3O. The second-order valence-corrected chi connectivity index (χ2v) is 6.50. The third kappa shape index (κ3) is 4.55. The Morgan fingerprint density at radius 3 is 2.64 bits per heavy atom. The number of rotatable bonds is 5. The minimum Gasteiger partial charge on any atom is -0.355 e. The molecule has 1 aliphatic rings. The predicted octanol–water partition coefficient (Wildman–Crippen LogP) is 1.56. The van der Waals surface area contributed by atoms with E-state index >= 15 is 0 Å². The van der Waals surface area contributed by atoms with Crippen LogP contribution in [0.5, 0.6) is 0 Å². The Morgan fingerprint density at radius 2 is 2.00 bits per heavy atom. The third-order valence-electron chi connectivity index (χ3n) is 4.52. The lowest BCUT2D eigenvalue weighted by atomic mass is 9.97. The zero-order valence-corrected chi connectivity index (χ0v) is 14.3. The van der Waals surface area contributed by atoms with E-state index in [1.54, 1.807) is 0 Å². The van der Waals surface area contributed by atoms with Gasteiger partial charge >= 0.3 is 0 Å². The molecular weight excluding hydrogens is 274 g/mol. The van der Waals surface area contributed by atoms with Crippen molar-refractivity contribution >= 4 is 5.91 Å². The largest absolute Gasteiger partial charge is 0.355 e. The van der Waals surface area contributed by atoms with E-state index in [0.717, 1.165) is 26.1 Å². The lowest BCUT2D eigenvalue weighted by Crippen LogP contribution is -2.52. The number of carbonyl (C=O) groups excluding carboxylic acids is 1. The molecule has 1 aromatic rings. The number of piperazine rings is 1. The highest BCUT2D eigenvalue weighted by Crippen LogP contribution is 2.16. The zero-order chi connectivity index (χ0) is 16.1. The first-order chi connectivity index (χ1) is 10.5. The summed E-state index contributed by atoms with van der Waals surface area (Å²) >= 11 is 0. The van der Waals surface area contributed by atoms with E-state index in [1.807, 2.05) is 0 Å². The van der Waals surface area contributed by atoms with E-state index in [4.69, 9.17) is 0 Å². The summed E-state index contributed by atoms with van der Waals surface area (Å²) in [6.07, 6.45) is 0.904. The van der Waals surface area contributed by atoms with Crippen LogP contribution >= 0.6 is 0 Å². The van der Waals surface area contributed by atoms with Gasteiger partial charge in [0, 0.05) is 32.2 Å². The molecule has 1 amide bonds. The molecule has 1 aromatic carbocycles. The van der Waals surface area contributed by atoms with Crippen molar-refractivity contribution in [1.82, 2.24) is 15.5 Å². The Hall–Kier alpha value is -1.39. The number of amides is 1. The summed E-state index contributed by atoms with van der Waals surface area (Å²) in [4.78, 5) is 14.3. The van der Waals surface area contributed by atoms with Crippen molar-refractivity contribution in [2.24, 2.45) is 0 Å². The molecule has 1 fully saturated rings. The van der Waals surface area contributed by atoms with Gasteiger partial charge in [0.15, 0.2) is 0 Å². The number of benzene rings is 1. The fraction of sp³-hybridized carbons (Fsp3) is 0.611. The minimum atomic E-state index is 0.135. The predicted molar refractivity (Wildman–Crippen MR) is 91.3 cm³/mol. The van der Waals surface area contributed by atoms with Gasteiger partial charge in [-0.3, -0.25) is 9.69 Å². The van der Waals surface area contributed by atoms with Crippen LogP contribution in [0, 0.1) is 20.8 Å². The molecule has 2 rings (SSSR count). The highest BCUT2D eigenvalue weighted by atomic mass is 16.2. The summed E-state index contributed by atoms with van der Waals surface area (Å²) in [5.41, 5.74) is 5.31. The van der Waals surface area contributed by atoms with Crippen molar-refractivity contribution in [3.63, 3.8) is 0 Å². The van der Waals surface area contributed by atoms with Crippen molar-refractivity contribution in [1.29, 1.82) is 0 Å². The van der Waals surface area contributed by atoms with Gasteiger partial charge in [0.1, 0.15) is 0 Å². The second-order valence-electron chi connectivity index (χ2n) is 6.50. The molecule has 0 aliphatic carbocycles. The van der Waals surface area contributed by atoms with Gasteiger partial charge in [-0.05, 0) is 50.8 Å².